The van der Waals surface area contributed by atoms with Gasteiger partial charge in [-0.25, -0.2) is 13.8 Å². The highest BCUT2D eigenvalue weighted by Crippen LogP contribution is 2.31. The lowest BCUT2D eigenvalue weighted by Gasteiger charge is -2.16. The van der Waals surface area contributed by atoms with Crippen LogP contribution in [-0.4, -0.2) is 16.9 Å². The average Bonchev–Trinajstić information content (AvgIpc) is 3.15. The van der Waals surface area contributed by atoms with E-state index in [1.54, 1.807) is 18.3 Å². The standard InChI is InChI=1S/C22H17F2N3OS/c1-13(21(28)27-20-16(23)8-5-9-17(20)24)25-15-7-4-6-14(12-15)22-26-18-10-2-3-11-19(18)29-22/h2-13,25H,1H3,(H,27,28)/t13-/m1/s1. The normalized spacial score (nSPS) is 12.0. The van der Waals surface area contributed by atoms with Crippen molar-refractivity contribution in [3.05, 3.63) is 78.4 Å². The van der Waals surface area contributed by atoms with Gasteiger partial charge in [-0.2, -0.15) is 0 Å². The van der Waals surface area contributed by atoms with E-state index in [0.29, 0.717) is 5.69 Å². The summed E-state index contributed by atoms with van der Waals surface area (Å²) in [5.74, 6) is -2.17. The van der Waals surface area contributed by atoms with Gasteiger partial charge in [0.2, 0.25) is 5.91 Å². The number of amides is 1. The van der Waals surface area contributed by atoms with E-state index in [2.05, 4.69) is 15.6 Å². The summed E-state index contributed by atoms with van der Waals surface area (Å²) >= 11 is 1.59. The number of para-hydroxylation sites is 2. The minimum atomic E-state index is -0.816. The van der Waals surface area contributed by atoms with Gasteiger partial charge < -0.3 is 10.6 Å². The highest BCUT2D eigenvalue weighted by molar-refractivity contribution is 7.21. The van der Waals surface area contributed by atoms with E-state index in [-0.39, 0.29) is 0 Å². The fourth-order valence-corrected chi connectivity index (χ4v) is 3.86. The summed E-state index contributed by atoms with van der Waals surface area (Å²) < 4.78 is 28.6. The molecule has 1 amide bonds. The average molecular weight is 409 g/mol. The molecule has 1 heterocycles. The molecule has 4 nitrogen and oxygen atoms in total. The number of hydrogen-bond acceptors (Lipinski definition) is 4. The Labute approximate surface area is 170 Å². The number of thiazole rings is 1. The summed E-state index contributed by atoms with van der Waals surface area (Å²) in [7, 11) is 0. The van der Waals surface area contributed by atoms with E-state index in [4.69, 9.17) is 0 Å². The Balaban J connectivity index is 1.50. The molecule has 4 rings (SSSR count). The van der Waals surface area contributed by atoms with Gasteiger partial charge in [0.25, 0.3) is 0 Å². The zero-order chi connectivity index (χ0) is 20.4. The largest absolute Gasteiger partial charge is 0.374 e. The summed E-state index contributed by atoms with van der Waals surface area (Å²) in [6, 6.07) is 18.2. The Morgan fingerprint density at radius 3 is 2.48 bits per heavy atom. The molecule has 0 radical (unpaired) electrons. The van der Waals surface area contributed by atoms with Crippen molar-refractivity contribution in [3.63, 3.8) is 0 Å². The van der Waals surface area contributed by atoms with Gasteiger partial charge in [0.1, 0.15) is 28.4 Å². The lowest BCUT2D eigenvalue weighted by molar-refractivity contribution is -0.116. The van der Waals surface area contributed by atoms with E-state index >= 15 is 0 Å². The van der Waals surface area contributed by atoms with Crippen LogP contribution in [0.15, 0.2) is 66.7 Å². The predicted molar refractivity (Wildman–Crippen MR) is 113 cm³/mol. The van der Waals surface area contributed by atoms with Gasteiger partial charge in [-0.1, -0.05) is 30.3 Å². The minimum Gasteiger partial charge on any atom is -0.374 e. The zero-order valence-corrected chi connectivity index (χ0v) is 16.3. The third kappa shape index (κ3) is 4.09. The van der Waals surface area contributed by atoms with Crippen LogP contribution in [0.1, 0.15) is 6.92 Å². The van der Waals surface area contributed by atoms with Gasteiger partial charge in [0.05, 0.1) is 10.2 Å². The molecule has 0 aliphatic carbocycles. The first kappa shape index (κ1) is 19.0. The molecular formula is C22H17F2N3OS. The third-order valence-electron chi connectivity index (χ3n) is 4.39. The van der Waals surface area contributed by atoms with Crippen molar-refractivity contribution in [1.29, 1.82) is 0 Å². The van der Waals surface area contributed by atoms with Gasteiger partial charge in [0.15, 0.2) is 0 Å². The van der Waals surface area contributed by atoms with Crippen molar-refractivity contribution in [2.75, 3.05) is 10.6 Å². The van der Waals surface area contributed by atoms with Crippen molar-refractivity contribution in [2.45, 2.75) is 13.0 Å². The molecular weight excluding hydrogens is 392 g/mol. The van der Waals surface area contributed by atoms with Crippen LogP contribution in [0.3, 0.4) is 0 Å². The van der Waals surface area contributed by atoms with Gasteiger partial charge in [0, 0.05) is 11.3 Å². The van der Waals surface area contributed by atoms with Crippen LogP contribution < -0.4 is 10.6 Å². The molecule has 146 valence electrons. The molecule has 1 atom stereocenters. The number of carbonyl (C=O) groups excluding carboxylic acids is 1. The zero-order valence-electron chi connectivity index (χ0n) is 15.4. The van der Waals surface area contributed by atoms with Crippen LogP contribution in [0.5, 0.6) is 0 Å². The molecule has 0 spiro atoms. The Bertz CT molecular complexity index is 1140. The summed E-state index contributed by atoms with van der Waals surface area (Å²) in [6.07, 6.45) is 0. The predicted octanol–water partition coefficient (Wildman–Crippen LogP) is 5.68. The fourth-order valence-electron chi connectivity index (χ4n) is 2.90. The Morgan fingerprint density at radius 2 is 1.72 bits per heavy atom. The van der Waals surface area contributed by atoms with E-state index in [9.17, 15) is 13.6 Å². The van der Waals surface area contributed by atoms with Crippen molar-refractivity contribution >= 4 is 38.8 Å². The number of anilines is 2. The molecule has 0 bridgehead atoms. The first-order valence-electron chi connectivity index (χ1n) is 8.98. The topological polar surface area (TPSA) is 54.0 Å². The van der Waals surface area contributed by atoms with Gasteiger partial charge >= 0.3 is 0 Å². The Hall–Kier alpha value is -3.32. The lowest BCUT2D eigenvalue weighted by atomic mass is 10.2. The van der Waals surface area contributed by atoms with E-state index < -0.39 is 29.3 Å². The second-order valence-corrected chi connectivity index (χ2v) is 7.55. The van der Waals surface area contributed by atoms with Gasteiger partial charge in [-0.15, -0.1) is 11.3 Å². The molecule has 2 N–H and O–H groups in total. The van der Waals surface area contributed by atoms with Gasteiger partial charge in [-0.3, -0.25) is 4.79 Å². The van der Waals surface area contributed by atoms with Crippen LogP contribution in [-0.2, 0) is 4.79 Å². The van der Waals surface area contributed by atoms with Crippen LogP contribution in [0.4, 0.5) is 20.2 Å². The number of aromatic nitrogens is 1. The summed E-state index contributed by atoms with van der Waals surface area (Å²) in [4.78, 5) is 17.0. The van der Waals surface area contributed by atoms with Crippen LogP contribution in [0.2, 0.25) is 0 Å². The maximum absolute atomic E-state index is 13.7. The number of benzene rings is 3. The Morgan fingerprint density at radius 1 is 1.00 bits per heavy atom. The summed E-state index contributed by atoms with van der Waals surface area (Å²) in [5.41, 5.74) is 2.11. The minimum absolute atomic E-state index is 0.450. The van der Waals surface area contributed by atoms with Crippen molar-refractivity contribution < 1.29 is 13.6 Å². The monoisotopic (exact) mass is 409 g/mol. The number of hydrogen-bond donors (Lipinski definition) is 2. The summed E-state index contributed by atoms with van der Waals surface area (Å²) in [5, 5.41) is 6.24. The lowest BCUT2D eigenvalue weighted by Crippen LogP contribution is -2.32. The van der Waals surface area contributed by atoms with Crippen LogP contribution >= 0.6 is 11.3 Å². The molecule has 1 aromatic heterocycles. The molecule has 29 heavy (non-hydrogen) atoms. The second kappa shape index (κ2) is 7.97. The fraction of sp³-hybridized carbons (Fsp3) is 0.0909. The number of rotatable bonds is 5. The molecule has 0 saturated heterocycles. The molecule has 0 unspecified atom stereocenters. The highest BCUT2D eigenvalue weighted by Gasteiger charge is 2.17. The van der Waals surface area contributed by atoms with Crippen molar-refractivity contribution in [3.8, 4) is 10.6 Å². The first-order chi connectivity index (χ1) is 14.0. The maximum Gasteiger partial charge on any atom is 0.246 e. The van der Waals surface area contributed by atoms with Crippen molar-refractivity contribution in [1.82, 2.24) is 4.98 Å². The number of halogens is 2. The SMILES string of the molecule is C[C@@H](Nc1cccc(-c2nc3ccccc3s2)c1)C(=O)Nc1c(F)cccc1F. The molecule has 0 aliphatic heterocycles. The van der Waals surface area contributed by atoms with Crippen LogP contribution in [0, 0.1) is 11.6 Å². The molecule has 0 fully saturated rings. The maximum atomic E-state index is 13.7. The van der Waals surface area contributed by atoms with E-state index in [1.165, 1.54) is 6.07 Å². The molecule has 3 aromatic carbocycles. The van der Waals surface area contributed by atoms with E-state index in [1.807, 2.05) is 48.5 Å². The van der Waals surface area contributed by atoms with E-state index in [0.717, 1.165) is 32.9 Å². The summed E-state index contributed by atoms with van der Waals surface area (Å²) in [6.45, 7) is 1.62. The molecule has 7 heteroatoms. The van der Waals surface area contributed by atoms with Crippen molar-refractivity contribution in [2.24, 2.45) is 0 Å². The van der Waals surface area contributed by atoms with Crippen LogP contribution in [0.25, 0.3) is 20.8 Å². The second-order valence-electron chi connectivity index (χ2n) is 6.52. The number of fused-ring (bicyclic) bond motifs is 1. The first-order valence-corrected chi connectivity index (χ1v) is 9.80. The number of nitrogens with zero attached hydrogens (tertiary/aromatic N) is 1. The molecule has 4 aromatic rings. The van der Waals surface area contributed by atoms with Gasteiger partial charge in [-0.05, 0) is 43.3 Å². The Kier molecular flexibility index (Phi) is 5.22. The quantitative estimate of drug-likeness (QED) is 0.446. The third-order valence-corrected chi connectivity index (χ3v) is 5.48. The number of carbonyl (C=O) groups is 1. The smallest absolute Gasteiger partial charge is 0.246 e. The molecule has 0 aliphatic rings. The highest BCUT2D eigenvalue weighted by atomic mass is 32.1. The number of nitrogens with one attached hydrogen (secondary N) is 2. The molecule has 0 saturated carbocycles.